The number of alkyl carbamates (subject to hydrolysis) is 2. The Morgan fingerprint density at radius 2 is 0.836 bits per heavy atom. The first-order chi connectivity index (χ1) is 35.4. The lowest BCUT2D eigenvalue weighted by Gasteiger charge is -2.23. The van der Waals surface area contributed by atoms with Crippen molar-refractivity contribution in [3.63, 3.8) is 0 Å². The number of hydrogen-bond acceptors (Lipinski definition) is 27. The van der Waals surface area contributed by atoms with Crippen LogP contribution >= 0.6 is 37.0 Å². The van der Waals surface area contributed by atoms with Crippen molar-refractivity contribution in [1.29, 1.82) is 1.12 Å². The number of esters is 3. The van der Waals surface area contributed by atoms with E-state index in [0.29, 0.717) is 26.3 Å². The van der Waals surface area contributed by atoms with Crippen molar-refractivity contribution >= 4 is 119 Å². The van der Waals surface area contributed by atoms with Crippen LogP contribution in [0.5, 0.6) is 0 Å². The van der Waals surface area contributed by atoms with Gasteiger partial charge in [-0.25, -0.2) is 35.1 Å². The van der Waals surface area contributed by atoms with E-state index in [1.165, 1.54) is 21.3 Å². The van der Waals surface area contributed by atoms with Crippen molar-refractivity contribution in [2.24, 2.45) is 5.73 Å². The van der Waals surface area contributed by atoms with Crippen molar-refractivity contribution in [2.75, 3.05) is 166 Å². The molecule has 0 rings (SSSR count). The van der Waals surface area contributed by atoms with E-state index in [-0.39, 0.29) is 105 Å². The number of carbonyl (C=O) groups is 8. The summed E-state index contributed by atoms with van der Waals surface area (Å²) < 4.78 is 69.0. The van der Waals surface area contributed by atoms with Gasteiger partial charge in [0.1, 0.15) is 52.5 Å². The first-order valence-corrected chi connectivity index (χ1v) is 22.6. The van der Waals surface area contributed by atoms with E-state index < -0.39 is 72.4 Å². The van der Waals surface area contributed by atoms with Crippen LogP contribution in [0.15, 0.2) is 0 Å². The molecule has 0 saturated carbocycles. The second-order valence-corrected chi connectivity index (χ2v) is 12.6. The Bertz CT molecular complexity index is 1410. The minimum absolute atomic E-state index is 0.123. The number of methoxy groups -OCH3 is 3. The molecule has 0 unspecified atom stereocenters. The van der Waals surface area contributed by atoms with Crippen LogP contribution in [0.3, 0.4) is 0 Å². The lowest BCUT2D eigenvalue weighted by Crippen LogP contribution is -2.36. The van der Waals surface area contributed by atoms with Crippen LogP contribution < -0.4 is 32.3 Å². The number of carbonyl (C=O) groups excluding carboxylic acids is 8. The number of amides is 5. The molecule has 416 valence electrons. The van der Waals surface area contributed by atoms with Crippen molar-refractivity contribution in [2.45, 2.75) is 18.3 Å². The number of nitrogens with one attached hydrogen (secondary N) is 5. The van der Waals surface area contributed by atoms with E-state index in [1.54, 1.807) is 6.26 Å². The second kappa shape index (κ2) is 61.6. The highest BCUT2D eigenvalue weighted by Crippen LogP contribution is 1.99. The van der Waals surface area contributed by atoms with E-state index in [0.717, 1.165) is 12.5 Å². The number of hydrogen-bond donors (Lipinski definition) is 9. The van der Waals surface area contributed by atoms with Gasteiger partial charge < -0.3 is 129 Å². The molecular formula is C38H67B3N6O23S3-2. The smallest absolute Gasteiger partial charge is 0.407 e. The average Bonchev–Trinajstić information content (AvgIpc) is 3.37. The van der Waals surface area contributed by atoms with Crippen molar-refractivity contribution in [3.8, 4) is 0 Å². The molecule has 29 nitrogen and oxygen atoms in total. The summed E-state index contributed by atoms with van der Waals surface area (Å²) in [5.74, 6) is -3.55. The fourth-order valence-electron chi connectivity index (χ4n) is 3.46. The summed E-state index contributed by atoms with van der Waals surface area (Å²) in [5, 5.41) is 28.9. The Hall–Kier alpha value is -4.68. The van der Waals surface area contributed by atoms with Crippen molar-refractivity contribution < 1.29 is 110 Å². The molecule has 0 fully saturated rings. The summed E-state index contributed by atoms with van der Waals surface area (Å²) in [5.41, 5.74) is 9.26. The topological polar surface area (TPSA) is 383 Å². The Morgan fingerprint density at radius 1 is 0.548 bits per heavy atom. The molecule has 0 bridgehead atoms. The van der Waals surface area contributed by atoms with Gasteiger partial charge in [0, 0.05) is 39.3 Å². The SMILES string of the molecule is COC(=O)COC(CO)CO.COC(=O)COC(CO[C-]=S)CO[C-]=S.[2H]SC.[B]C(=O)NCCOCCN.[B]C(=O)NCCOCCNC(=O)OCC(COC(=O)NCCOCCNC([B])=O)OCC(=O)OC. The maximum absolute atomic E-state index is 11.8. The van der Waals surface area contributed by atoms with Gasteiger partial charge in [0.25, 0.3) is 0 Å². The number of thiocarbonyl (C=S) groups is 2. The number of ether oxygens (including phenoxy) is 13. The van der Waals surface area contributed by atoms with Crippen molar-refractivity contribution in [3.05, 3.63) is 0 Å². The lowest BCUT2D eigenvalue weighted by molar-refractivity contribution is -0.150. The van der Waals surface area contributed by atoms with E-state index in [2.05, 4.69) is 76.3 Å². The summed E-state index contributed by atoms with van der Waals surface area (Å²) >= 11 is 9.69. The highest BCUT2D eigenvalue weighted by atomic mass is 32.1. The van der Waals surface area contributed by atoms with E-state index in [4.69, 9.17) is 88.0 Å². The number of aliphatic hydroxyl groups excluding tert-OH is 2. The monoisotopic (exact) mass is 1110 g/mol. The van der Waals surface area contributed by atoms with Gasteiger partial charge in [-0.15, -0.1) is 0 Å². The minimum atomic E-state index is -0.946. The fourth-order valence-corrected chi connectivity index (χ4v) is 3.59. The molecule has 0 atom stereocenters. The van der Waals surface area contributed by atoms with Gasteiger partial charge in [0.2, 0.25) is 0 Å². The van der Waals surface area contributed by atoms with Crippen LogP contribution in [-0.2, 0) is 76.0 Å². The zero-order chi connectivity index (χ0) is 57.0. The second-order valence-electron chi connectivity index (χ2n) is 12.2. The van der Waals surface area contributed by atoms with E-state index in [9.17, 15) is 38.4 Å². The van der Waals surface area contributed by atoms with Crippen LogP contribution in [0.2, 0.25) is 0 Å². The maximum Gasteiger partial charge on any atom is 0.407 e. The third-order valence-corrected chi connectivity index (χ3v) is 7.02. The van der Waals surface area contributed by atoms with Gasteiger partial charge in [0.05, 0.1) is 87.4 Å². The Labute approximate surface area is 445 Å². The summed E-state index contributed by atoms with van der Waals surface area (Å²) in [4.78, 5) is 87.1. The van der Waals surface area contributed by atoms with Crippen LogP contribution in [0.1, 0.15) is 0 Å². The van der Waals surface area contributed by atoms with Gasteiger partial charge in [-0.05, 0) is 6.26 Å². The molecule has 0 heterocycles. The summed E-state index contributed by atoms with van der Waals surface area (Å²) in [6, 6.07) is 0. The van der Waals surface area contributed by atoms with Crippen LogP contribution in [0.25, 0.3) is 0 Å². The number of nitrogens with two attached hydrogens (primary N) is 1. The zero-order valence-electron chi connectivity index (χ0n) is 42.1. The van der Waals surface area contributed by atoms with E-state index >= 15 is 0 Å². The van der Waals surface area contributed by atoms with Crippen LogP contribution in [-0.4, -0.2) is 278 Å². The van der Waals surface area contributed by atoms with Gasteiger partial charge in [-0.2, -0.15) is 12.5 Å². The molecule has 35 heteroatoms. The molecule has 0 aliphatic carbocycles. The molecule has 0 aliphatic heterocycles. The normalized spacial score (nSPS) is 9.92. The summed E-state index contributed by atoms with van der Waals surface area (Å²) in [7, 11) is 18.3. The first kappa shape index (κ1) is 74.8. The Kier molecular flexibility index (Phi) is 63.2. The molecule has 0 aromatic carbocycles. The molecule has 9 N–H and O–H groups in total. The van der Waals surface area contributed by atoms with Gasteiger partial charge in [-0.1, -0.05) is 0 Å². The maximum atomic E-state index is 11.8. The van der Waals surface area contributed by atoms with Gasteiger partial charge in [-0.3, -0.25) is 14.4 Å². The molecule has 73 heavy (non-hydrogen) atoms. The highest BCUT2D eigenvalue weighted by Gasteiger charge is 2.18. The quantitative estimate of drug-likeness (QED) is 0.00540. The average molecular weight is 1110 g/mol. The predicted octanol–water partition coefficient (Wildman–Crippen LogP) is -4.05. The summed E-state index contributed by atoms with van der Waals surface area (Å²) in [6.07, 6.45) is -1.99. The number of aliphatic hydroxyl groups is 2. The summed E-state index contributed by atoms with van der Waals surface area (Å²) in [6.45, 7) is 1.45. The molecule has 0 saturated heterocycles. The molecule has 6 radical (unpaired) electrons. The lowest BCUT2D eigenvalue weighted by atomic mass is 10.1. The number of rotatable bonds is 38. The van der Waals surface area contributed by atoms with Crippen LogP contribution in [0.4, 0.5) is 24.0 Å². The Morgan fingerprint density at radius 3 is 1.11 bits per heavy atom. The molecular weight excluding hydrogens is 1040 g/mol. The van der Waals surface area contributed by atoms with Gasteiger partial charge >= 0.3 is 30.1 Å². The largest absolute Gasteiger partial charge is 0.680 e. The third kappa shape index (κ3) is 67.3. The standard InChI is InChI=1S/C18H30B2N4O11.C8H10O5S2.C6H12O5.C5H11BN2O2.CH4S/c1-30-14(25)12-33-13(10-34-17(28)23-4-8-31-6-2-21-15(19)26)11-35-18(29)24-5-9-32-7-3-22-16(20)27;1-10-8(9)4-13-7(2-11-5-14)3-12-6-15;1-10-6(9)4-11-5(2-7)3-8;6-5(9)8-2-4-10-3-1-7;1-2/h13H,2-12H2,1H3,(H,21,26)(H,22,27)(H,23,28)(H,24,29);7H,2-4H2,1H3;5,7-8H,2-4H2,1H3;1-4,7H2,(H,8,9);2H,1H3/q;-2;;;/i/hD. The van der Waals surface area contributed by atoms with E-state index in [1.807, 2.05) is 0 Å². The zero-order valence-corrected chi connectivity index (χ0v) is 43.5. The molecule has 0 spiro atoms. The molecule has 0 aliphatic rings. The molecule has 5 amide bonds. The fraction of sp³-hybridized carbons (Fsp3) is 0.737. The minimum Gasteiger partial charge on any atom is -0.680 e. The highest BCUT2D eigenvalue weighted by molar-refractivity contribution is 7.79. The molecule has 0 aromatic rings. The predicted molar refractivity (Wildman–Crippen MR) is 269 cm³/mol. The van der Waals surface area contributed by atoms with Gasteiger partial charge in [0.15, 0.2) is 41.0 Å². The van der Waals surface area contributed by atoms with Crippen LogP contribution in [0, 0.1) is 0 Å². The number of thiol groups is 1. The first-order valence-electron chi connectivity index (χ1n) is 21.4. The third-order valence-electron chi connectivity index (χ3n) is 6.79. The Balaban J connectivity index is -0.000000330. The van der Waals surface area contributed by atoms with Crippen molar-refractivity contribution in [1.82, 2.24) is 26.6 Å². The molecule has 0 aromatic heterocycles.